The second kappa shape index (κ2) is 7.13. The number of benzene rings is 1. The zero-order chi connectivity index (χ0) is 13.7. The fourth-order valence-electron chi connectivity index (χ4n) is 1.72. The van der Waals surface area contributed by atoms with Crippen molar-refractivity contribution in [2.75, 3.05) is 11.2 Å². The summed E-state index contributed by atoms with van der Waals surface area (Å²) in [5.41, 5.74) is 2.22. The maximum atomic E-state index is 6.13. The van der Waals surface area contributed by atoms with Crippen LogP contribution in [-0.4, -0.2) is 10.9 Å². The van der Waals surface area contributed by atoms with Crippen molar-refractivity contribution in [2.24, 2.45) is 0 Å². The molecule has 100 valence electrons. The summed E-state index contributed by atoms with van der Waals surface area (Å²) >= 11 is 15.2. The number of hydrogen-bond donors (Lipinski definition) is 1. The lowest BCUT2D eigenvalue weighted by Gasteiger charge is -2.09. The van der Waals surface area contributed by atoms with Gasteiger partial charge in [0.1, 0.15) is 5.82 Å². The van der Waals surface area contributed by atoms with Gasteiger partial charge >= 0.3 is 0 Å². The van der Waals surface area contributed by atoms with Gasteiger partial charge in [0.05, 0.1) is 5.02 Å². The molecule has 1 aromatic carbocycles. The Kier molecular flexibility index (Phi) is 5.49. The van der Waals surface area contributed by atoms with Gasteiger partial charge in [-0.15, -0.1) is 11.6 Å². The summed E-state index contributed by atoms with van der Waals surface area (Å²) in [6, 6.07) is 10.00. The van der Waals surface area contributed by atoms with Crippen molar-refractivity contribution in [1.82, 2.24) is 4.98 Å². The third kappa shape index (κ3) is 4.37. The van der Waals surface area contributed by atoms with Gasteiger partial charge in [0.25, 0.3) is 0 Å². The van der Waals surface area contributed by atoms with E-state index < -0.39 is 0 Å². The van der Waals surface area contributed by atoms with E-state index in [4.69, 9.17) is 23.2 Å². The predicted octanol–water partition coefficient (Wildman–Crippen LogP) is 5.41. The monoisotopic (exact) mass is 358 g/mol. The van der Waals surface area contributed by atoms with E-state index in [1.807, 2.05) is 18.2 Å². The van der Waals surface area contributed by atoms with E-state index in [0.29, 0.717) is 16.7 Å². The lowest BCUT2D eigenvalue weighted by Crippen LogP contribution is -1.95. The Hall–Kier alpha value is -0.770. The van der Waals surface area contributed by atoms with Gasteiger partial charge in [0, 0.05) is 22.2 Å². The maximum absolute atomic E-state index is 6.13. The number of aromatic nitrogens is 1. The van der Waals surface area contributed by atoms with Gasteiger partial charge in [-0.25, -0.2) is 4.98 Å². The van der Waals surface area contributed by atoms with E-state index >= 15 is 0 Å². The first-order valence-electron chi connectivity index (χ1n) is 5.92. The molecule has 19 heavy (non-hydrogen) atoms. The molecular weight excluding hydrogens is 347 g/mol. The van der Waals surface area contributed by atoms with Crippen LogP contribution in [0.3, 0.4) is 0 Å². The molecular formula is C14H13BrCl2N2. The van der Waals surface area contributed by atoms with Crippen LogP contribution < -0.4 is 5.32 Å². The van der Waals surface area contributed by atoms with E-state index in [1.165, 1.54) is 5.56 Å². The van der Waals surface area contributed by atoms with Gasteiger partial charge in [0.15, 0.2) is 0 Å². The number of nitrogens with zero attached hydrogens (tertiary/aromatic N) is 1. The highest BCUT2D eigenvalue weighted by atomic mass is 79.9. The van der Waals surface area contributed by atoms with Crippen LogP contribution in [0.15, 0.2) is 41.0 Å². The molecule has 2 aromatic rings. The lowest BCUT2D eigenvalue weighted by atomic mass is 10.1. The molecule has 1 aromatic heterocycles. The third-order valence-corrected chi connectivity index (χ3v) is 3.59. The molecule has 0 amide bonds. The molecule has 2 rings (SSSR count). The van der Waals surface area contributed by atoms with Crippen molar-refractivity contribution < 1.29 is 0 Å². The topological polar surface area (TPSA) is 24.9 Å². The van der Waals surface area contributed by atoms with Crippen molar-refractivity contribution in [3.63, 3.8) is 0 Å². The van der Waals surface area contributed by atoms with E-state index in [2.05, 4.69) is 38.4 Å². The number of hydrogen-bond acceptors (Lipinski definition) is 2. The average Bonchev–Trinajstić information content (AvgIpc) is 2.40. The normalized spacial score (nSPS) is 10.5. The standard InChI is InChI=1S/C14H13BrCl2N2/c15-11-8-13(17)14(18-9-11)19-12-5-1-3-10(7-12)4-2-6-16/h1,3,5,7-9H,2,4,6H2,(H,18,19). The average molecular weight is 360 g/mol. The Morgan fingerprint density at radius 1 is 1.26 bits per heavy atom. The molecule has 2 nitrogen and oxygen atoms in total. The Morgan fingerprint density at radius 2 is 2.11 bits per heavy atom. The van der Waals surface area contributed by atoms with Crippen molar-refractivity contribution in [3.8, 4) is 0 Å². The van der Waals surface area contributed by atoms with Crippen molar-refractivity contribution in [1.29, 1.82) is 0 Å². The van der Waals surface area contributed by atoms with Crippen LogP contribution in [0.2, 0.25) is 5.02 Å². The van der Waals surface area contributed by atoms with E-state index in [0.717, 1.165) is 23.0 Å². The SMILES string of the molecule is ClCCCc1cccc(Nc2ncc(Br)cc2Cl)c1. The summed E-state index contributed by atoms with van der Waals surface area (Å²) in [4.78, 5) is 4.25. The maximum Gasteiger partial charge on any atom is 0.149 e. The number of halogens is 3. The zero-order valence-corrected chi connectivity index (χ0v) is 13.3. The van der Waals surface area contributed by atoms with Gasteiger partial charge in [-0.2, -0.15) is 0 Å². The molecule has 0 saturated heterocycles. The summed E-state index contributed by atoms with van der Waals surface area (Å²) in [5, 5.41) is 3.80. The largest absolute Gasteiger partial charge is 0.339 e. The Bertz CT molecular complexity index is 561. The second-order valence-electron chi connectivity index (χ2n) is 4.10. The van der Waals surface area contributed by atoms with E-state index in [1.54, 1.807) is 6.20 Å². The van der Waals surface area contributed by atoms with E-state index in [-0.39, 0.29) is 0 Å². The molecule has 0 spiro atoms. The summed E-state index contributed by atoms with van der Waals surface area (Å²) in [6.45, 7) is 0. The highest BCUT2D eigenvalue weighted by Gasteiger charge is 2.03. The quantitative estimate of drug-likeness (QED) is 0.721. The number of nitrogens with one attached hydrogen (secondary N) is 1. The minimum Gasteiger partial charge on any atom is -0.339 e. The van der Waals surface area contributed by atoms with Crippen LogP contribution in [0.25, 0.3) is 0 Å². The molecule has 1 N–H and O–H groups in total. The molecule has 0 radical (unpaired) electrons. The minimum absolute atomic E-state index is 0.584. The van der Waals surface area contributed by atoms with Gasteiger partial charge < -0.3 is 5.32 Å². The molecule has 0 aliphatic rings. The lowest BCUT2D eigenvalue weighted by molar-refractivity contribution is 0.929. The van der Waals surface area contributed by atoms with Gasteiger partial charge in [-0.05, 0) is 52.5 Å². The smallest absolute Gasteiger partial charge is 0.149 e. The van der Waals surface area contributed by atoms with Crippen molar-refractivity contribution >= 4 is 50.6 Å². The van der Waals surface area contributed by atoms with Crippen molar-refractivity contribution in [3.05, 3.63) is 51.6 Å². The first-order chi connectivity index (χ1) is 9.19. The highest BCUT2D eigenvalue weighted by molar-refractivity contribution is 9.10. The summed E-state index contributed by atoms with van der Waals surface area (Å²) in [6.07, 6.45) is 3.66. The fourth-order valence-corrected chi connectivity index (χ4v) is 2.53. The summed E-state index contributed by atoms with van der Waals surface area (Å²) < 4.78 is 0.860. The Labute approximate surface area is 131 Å². The van der Waals surface area contributed by atoms with Gasteiger partial charge in [-0.1, -0.05) is 23.7 Å². The fraction of sp³-hybridized carbons (Fsp3) is 0.214. The second-order valence-corrected chi connectivity index (χ2v) is 5.80. The molecule has 1 heterocycles. The van der Waals surface area contributed by atoms with Crippen LogP contribution in [0.1, 0.15) is 12.0 Å². The molecule has 0 fully saturated rings. The van der Waals surface area contributed by atoms with Gasteiger partial charge in [0.2, 0.25) is 0 Å². The van der Waals surface area contributed by atoms with Gasteiger partial charge in [-0.3, -0.25) is 0 Å². The summed E-state index contributed by atoms with van der Waals surface area (Å²) in [7, 11) is 0. The van der Waals surface area contributed by atoms with Crippen LogP contribution in [0, 0.1) is 0 Å². The number of anilines is 2. The molecule has 0 aliphatic heterocycles. The molecule has 5 heteroatoms. The number of aryl methyl sites for hydroxylation is 1. The number of pyridine rings is 1. The predicted molar refractivity (Wildman–Crippen MR) is 85.7 cm³/mol. The first-order valence-corrected chi connectivity index (χ1v) is 7.62. The summed E-state index contributed by atoms with van der Waals surface area (Å²) in [5.74, 6) is 1.33. The van der Waals surface area contributed by atoms with Crippen LogP contribution in [0.5, 0.6) is 0 Å². The molecule has 0 saturated carbocycles. The minimum atomic E-state index is 0.584. The van der Waals surface area contributed by atoms with Crippen molar-refractivity contribution in [2.45, 2.75) is 12.8 Å². The first kappa shape index (κ1) is 14.6. The third-order valence-electron chi connectivity index (χ3n) is 2.60. The van der Waals surface area contributed by atoms with E-state index in [9.17, 15) is 0 Å². The Morgan fingerprint density at radius 3 is 2.84 bits per heavy atom. The van der Waals surface area contributed by atoms with Crippen LogP contribution in [-0.2, 0) is 6.42 Å². The number of rotatable bonds is 5. The molecule has 0 aliphatic carbocycles. The van der Waals surface area contributed by atoms with Crippen LogP contribution in [0.4, 0.5) is 11.5 Å². The number of alkyl halides is 1. The zero-order valence-electron chi connectivity index (χ0n) is 10.2. The Balaban J connectivity index is 2.14. The molecule has 0 bridgehead atoms. The molecule has 0 unspecified atom stereocenters. The molecule has 0 atom stereocenters. The van der Waals surface area contributed by atoms with Crippen LogP contribution >= 0.6 is 39.1 Å². The highest BCUT2D eigenvalue weighted by Crippen LogP contribution is 2.26.